The average Bonchev–Trinajstić information content (AvgIpc) is 2.82. The summed E-state index contributed by atoms with van der Waals surface area (Å²) < 4.78 is 5.40. The summed E-state index contributed by atoms with van der Waals surface area (Å²) in [5.41, 5.74) is 0.160. The Morgan fingerprint density at radius 3 is 1.85 bits per heavy atom. The summed E-state index contributed by atoms with van der Waals surface area (Å²) in [5.74, 6) is -0.322. The molecule has 0 spiro atoms. The second-order valence-electron chi connectivity index (χ2n) is 12.2. The van der Waals surface area contributed by atoms with E-state index in [0.717, 1.165) is 16.0 Å². The first-order valence-corrected chi connectivity index (χ1v) is 13.5. The Hall–Kier alpha value is -3.43. The van der Waals surface area contributed by atoms with Crippen LogP contribution in [-0.4, -0.2) is 82.3 Å². The van der Waals surface area contributed by atoms with Crippen molar-refractivity contribution < 1.29 is 29.3 Å². The van der Waals surface area contributed by atoms with E-state index in [1.165, 1.54) is 0 Å². The Balaban J connectivity index is 2.20. The van der Waals surface area contributed by atoms with Crippen LogP contribution in [0.3, 0.4) is 0 Å². The number of hydrogen-bond donors (Lipinski definition) is 2. The van der Waals surface area contributed by atoms with E-state index in [9.17, 15) is 24.6 Å². The number of ether oxygens (including phenoxy) is 1. The number of Topliss-reactive ketones (excluding diaryl/α,β-unsaturated/α-hetero) is 1. The molecule has 2 aromatic rings. The number of aliphatic hydroxyl groups is 1. The predicted octanol–water partition coefficient (Wildman–Crippen LogP) is 3.04. The van der Waals surface area contributed by atoms with Gasteiger partial charge < -0.3 is 30.0 Å². The fraction of sp³-hybridized carbons (Fsp3) is 0.516. The van der Waals surface area contributed by atoms with Crippen molar-refractivity contribution in [1.29, 1.82) is 0 Å². The van der Waals surface area contributed by atoms with Gasteiger partial charge in [-0.15, -0.1) is 0 Å². The molecular formula is C31H44N3O6-. The Morgan fingerprint density at radius 2 is 1.40 bits per heavy atom. The number of carbonyl (C=O) groups excluding carboxylic acids is 3. The monoisotopic (exact) mass is 554 g/mol. The minimum Gasteiger partial charge on any atom is -0.530 e. The van der Waals surface area contributed by atoms with Gasteiger partial charge in [0.1, 0.15) is 11.7 Å². The molecule has 0 aliphatic rings. The van der Waals surface area contributed by atoms with E-state index in [1.54, 1.807) is 53.5 Å². The quantitative estimate of drug-likeness (QED) is 0.414. The molecule has 0 aromatic heterocycles. The lowest BCUT2D eigenvalue weighted by Gasteiger charge is -2.43. The summed E-state index contributed by atoms with van der Waals surface area (Å²) in [6.07, 6.45) is -2.57. The maximum absolute atomic E-state index is 13.6. The van der Waals surface area contributed by atoms with E-state index in [0.29, 0.717) is 6.42 Å². The number of hydrogen-bond acceptors (Lipinski definition) is 7. The van der Waals surface area contributed by atoms with Crippen molar-refractivity contribution >= 4 is 18.0 Å². The van der Waals surface area contributed by atoms with Gasteiger partial charge >= 0.3 is 6.09 Å². The lowest BCUT2D eigenvalue weighted by molar-refractivity contribution is -0.273. The van der Waals surface area contributed by atoms with Gasteiger partial charge in [-0.05, 0) is 72.6 Å². The van der Waals surface area contributed by atoms with Crippen molar-refractivity contribution in [2.75, 3.05) is 20.1 Å². The molecule has 0 fully saturated rings. The van der Waals surface area contributed by atoms with Crippen LogP contribution in [0.15, 0.2) is 60.7 Å². The molecule has 2 aromatic carbocycles. The number of aliphatic hydroxyl groups excluding tert-OH is 1. The van der Waals surface area contributed by atoms with Crippen molar-refractivity contribution in [3.63, 3.8) is 0 Å². The van der Waals surface area contributed by atoms with Crippen molar-refractivity contribution in [2.24, 2.45) is 0 Å². The third kappa shape index (κ3) is 11.0. The van der Waals surface area contributed by atoms with Gasteiger partial charge in [0.2, 0.25) is 0 Å². The zero-order chi connectivity index (χ0) is 30.1. The molecule has 0 radical (unpaired) electrons. The maximum Gasteiger partial charge on any atom is 0.407 e. The van der Waals surface area contributed by atoms with Gasteiger partial charge in [0.05, 0.1) is 24.7 Å². The van der Waals surface area contributed by atoms with Crippen LogP contribution in [0.25, 0.3) is 0 Å². The SMILES string of the molecule is CN(CC(=O)[C@H](Cc1ccccc1)N(C(=O)[O-])C(C)(C)C)C[C@H](O)[C@H](Cc1ccccc1)NC(=O)OC(C)(C)C. The second-order valence-corrected chi connectivity index (χ2v) is 12.2. The fourth-order valence-electron chi connectivity index (χ4n) is 4.55. The summed E-state index contributed by atoms with van der Waals surface area (Å²) in [6.45, 7) is 10.4. The molecule has 9 heteroatoms. The Kier molecular flexibility index (Phi) is 11.7. The zero-order valence-corrected chi connectivity index (χ0v) is 24.7. The third-order valence-electron chi connectivity index (χ3n) is 6.26. The van der Waals surface area contributed by atoms with Crippen LogP contribution in [0, 0.1) is 0 Å². The molecule has 0 aliphatic carbocycles. The van der Waals surface area contributed by atoms with E-state index < -0.39 is 41.5 Å². The Labute approximate surface area is 238 Å². The van der Waals surface area contributed by atoms with Crippen LogP contribution in [0.4, 0.5) is 9.59 Å². The van der Waals surface area contributed by atoms with Crippen LogP contribution in [0.2, 0.25) is 0 Å². The minimum absolute atomic E-state index is 0.0535. The third-order valence-corrected chi connectivity index (χ3v) is 6.26. The standard InChI is InChI=1S/C31H45N3O6/c1-30(2,3)34(29(38)39)25(19-23-16-12-9-13-17-23)27(36)21-33(7)20-26(35)24(18-22-14-10-8-11-15-22)32-28(37)40-31(4,5)6/h8-17,24-26,35H,18-21H2,1-7H3,(H,32,37)(H,38,39)/p-1/t24-,25-,26-/m0/s1. The highest BCUT2D eigenvalue weighted by Crippen LogP contribution is 2.21. The van der Waals surface area contributed by atoms with Gasteiger partial charge in [-0.1, -0.05) is 60.7 Å². The summed E-state index contributed by atoms with van der Waals surface area (Å²) in [5, 5.41) is 26.1. The topological polar surface area (TPSA) is 122 Å². The van der Waals surface area contributed by atoms with Crippen LogP contribution in [-0.2, 0) is 22.4 Å². The molecule has 2 amide bonds. The number of benzene rings is 2. The van der Waals surface area contributed by atoms with Crippen LogP contribution in [0.1, 0.15) is 52.7 Å². The molecule has 0 unspecified atom stereocenters. The van der Waals surface area contributed by atoms with E-state index in [4.69, 9.17) is 4.74 Å². The Bertz CT molecular complexity index is 1100. The first kappa shape index (κ1) is 32.8. The van der Waals surface area contributed by atoms with Gasteiger partial charge in [-0.3, -0.25) is 9.69 Å². The van der Waals surface area contributed by atoms with Gasteiger partial charge in [0.25, 0.3) is 0 Å². The van der Waals surface area contributed by atoms with Crippen molar-refractivity contribution in [1.82, 2.24) is 15.1 Å². The first-order valence-electron chi connectivity index (χ1n) is 13.5. The largest absolute Gasteiger partial charge is 0.530 e. The molecule has 0 bridgehead atoms. The molecule has 2 rings (SSSR count). The maximum atomic E-state index is 13.6. The van der Waals surface area contributed by atoms with Crippen molar-refractivity contribution in [2.45, 2.75) is 83.7 Å². The number of nitrogens with one attached hydrogen (secondary N) is 1. The van der Waals surface area contributed by atoms with Gasteiger partial charge in [-0.25, -0.2) is 4.79 Å². The number of nitrogens with zero attached hydrogens (tertiary/aromatic N) is 2. The number of carbonyl (C=O) groups is 3. The van der Waals surface area contributed by atoms with Gasteiger partial charge in [-0.2, -0.15) is 0 Å². The second kappa shape index (κ2) is 14.3. The van der Waals surface area contributed by atoms with E-state index >= 15 is 0 Å². The molecule has 220 valence electrons. The summed E-state index contributed by atoms with van der Waals surface area (Å²) >= 11 is 0. The summed E-state index contributed by atoms with van der Waals surface area (Å²) in [4.78, 5) is 41.0. The molecule has 0 saturated carbocycles. The van der Waals surface area contributed by atoms with Gasteiger partial charge in [0, 0.05) is 12.1 Å². The van der Waals surface area contributed by atoms with Crippen LogP contribution in [0.5, 0.6) is 0 Å². The van der Waals surface area contributed by atoms with E-state index in [2.05, 4.69) is 5.32 Å². The van der Waals surface area contributed by atoms with Crippen molar-refractivity contribution in [3.05, 3.63) is 71.8 Å². The molecule has 2 N–H and O–H groups in total. The number of amides is 2. The number of alkyl carbamates (subject to hydrolysis) is 1. The molecular weight excluding hydrogens is 510 g/mol. The molecule has 40 heavy (non-hydrogen) atoms. The highest BCUT2D eigenvalue weighted by atomic mass is 16.6. The molecule has 0 saturated heterocycles. The number of rotatable bonds is 12. The normalized spacial score (nSPS) is 14.2. The first-order chi connectivity index (χ1) is 18.6. The summed E-state index contributed by atoms with van der Waals surface area (Å²) in [6, 6.07) is 17.0. The molecule has 0 aliphatic heterocycles. The number of ketones is 1. The fourth-order valence-corrected chi connectivity index (χ4v) is 4.55. The van der Waals surface area contributed by atoms with Crippen LogP contribution >= 0.6 is 0 Å². The number of likely N-dealkylation sites (N-methyl/N-ethyl adjacent to an activating group) is 1. The highest BCUT2D eigenvalue weighted by molar-refractivity contribution is 5.89. The van der Waals surface area contributed by atoms with E-state index in [1.807, 2.05) is 60.7 Å². The molecule has 0 heterocycles. The van der Waals surface area contributed by atoms with Gasteiger partial charge in [0.15, 0.2) is 5.78 Å². The predicted molar refractivity (Wildman–Crippen MR) is 153 cm³/mol. The number of carboxylic acid groups (broad SMARTS) is 1. The molecule has 9 nitrogen and oxygen atoms in total. The van der Waals surface area contributed by atoms with E-state index in [-0.39, 0.29) is 25.3 Å². The average molecular weight is 555 g/mol. The minimum atomic E-state index is -1.42. The smallest absolute Gasteiger partial charge is 0.407 e. The highest BCUT2D eigenvalue weighted by Gasteiger charge is 2.35. The summed E-state index contributed by atoms with van der Waals surface area (Å²) in [7, 11) is 1.67. The lowest BCUT2D eigenvalue weighted by Crippen LogP contribution is -2.60. The lowest BCUT2D eigenvalue weighted by atomic mass is 9.95. The zero-order valence-electron chi connectivity index (χ0n) is 24.7. The van der Waals surface area contributed by atoms with Crippen LogP contribution < -0.4 is 10.4 Å². The Morgan fingerprint density at radius 1 is 0.900 bits per heavy atom. The molecule has 3 atom stereocenters. The van der Waals surface area contributed by atoms with Crippen molar-refractivity contribution in [3.8, 4) is 0 Å².